The molecule has 1 amide bonds. The van der Waals surface area contributed by atoms with Crippen molar-refractivity contribution < 1.29 is 22.3 Å². The van der Waals surface area contributed by atoms with Crippen molar-refractivity contribution in [2.45, 2.75) is 11.4 Å². The maximum Gasteiger partial charge on any atom is 0.243 e. The van der Waals surface area contributed by atoms with Gasteiger partial charge in [-0.2, -0.15) is 4.31 Å². The van der Waals surface area contributed by atoms with Crippen LogP contribution in [0.3, 0.4) is 0 Å². The van der Waals surface area contributed by atoms with Gasteiger partial charge in [-0.3, -0.25) is 4.79 Å². The molecule has 158 valence electrons. The Kier molecular flexibility index (Phi) is 6.86. The summed E-state index contributed by atoms with van der Waals surface area (Å²) in [5, 5.41) is 1.91. The number of carbonyl (C=O) groups is 1. The zero-order valence-electron chi connectivity index (χ0n) is 16.5. The van der Waals surface area contributed by atoms with Crippen LogP contribution in [0.5, 0.6) is 5.75 Å². The van der Waals surface area contributed by atoms with Crippen molar-refractivity contribution in [1.29, 1.82) is 0 Å². The minimum atomic E-state index is -3.94. The van der Waals surface area contributed by atoms with E-state index in [9.17, 15) is 17.6 Å². The van der Waals surface area contributed by atoms with Gasteiger partial charge in [-0.1, -0.05) is 6.07 Å². The monoisotopic (exact) mass is 448 g/mol. The third kappa shape index (κ3) is 5.05. The SMILES string of the molecule is COc1ccc(N(Cc2cccs2)C(=O)CN(C)S(=O)(=O)c2ccc(F)cc2)cc1. The minimum Gasteiger partial charge on any atom is -0.497 e. The number of thiophene rings is 1. The Morgan fingerprint density at radius 1 is 1.07 bits per heavy atom. The van der Waals surface area contributed by atoms with Crippen LogP contribution in [0.1, 0.15) is 4.88 Å². The fraction of sp³-hybridized carbons (Fsp3) is 0.190. The first-order valence-electron chi connectivity index (χ1n) is 9.00. The topological polar surface area (TPSA) is 66.9 Å². The fourth-order valence-electron chi connectivity index (χ4n) is 2.79. The van der Waals surface area contributed by atoms with Crippen molar-refractivity contribution in [3.8, 4) is 5.75 Å². The number of methoxy groups -OCH3 is 1. The van der Waals surface area contributed by atoms with Gasteiger partial charge in [-0.05, 0) is 60.0 Å². The number of amides is 1. The highest BCUT2D eigenvalue weighted by atomic mass is 32.2. The van der Waals surface area contributed by atoms with E-state index in [-0.39, 0.29) is 17.3 Å². The number of carbonyl (C=O) groups excluding carboxylic acids is 1. The summed E-state index contributed by atoms with van der Waals surface area (Å²) in [6, 6.07) is 15.3. The summed E-state index contributed by atoms with van der Waals surface area (Å²) < 4.78 is 44.8. The first-order chi connectivity index (χ1) is 14.3. The largest absolute Gasteiger partial charge is 0.497 e. The van der Waals surface area contributed by atoms with E-state index in [1.165, 1.54) is 35.4 Å². The van der Waals surface area contributed by atoms with Gasteiger partial charge in [0.25, 0.3) is 0 Å². The second kappa shape index (κ2) is 9.38. The van der Waals surface area contributed by atoms with Crippen LogP contribution in [0.4, 0.5) is 10.1 Å². The second-order valence-electron chi connectivity index (χ2n) is 6.47. The molecule has 0 atom stereocenters. The molecule has 3 rings (SSSR count). The molecular formula is C21H21FN2O4S2. The lowest BCUT2D eigenvalue weighted by Crippen LogP contribution is -2.40. The molecule has 6 nitrogen and oxygen atoms in total. The average Bonchev–Trinajstić information content (AvgIpc) is 3.25. The van der Waals surface area contributed by atoms with Crippen LogP contribution in [-0.4, -0.2) is 39.3 Å². The fourth-order valence-corrected chi connectivity index (χ4v) is 4.60. The van der Waals surface area contributed by atoms with Crippen molar-refractivity contribution in [2.24, 2.45) is 0 Å². The molecule has 0 radical (unpaired) electrons. The van der Waals surface area contributed by atoms with Crippen molar-refractivity contribution in [2.75, 3.05) is 25.6 Å². The van der Waals surface area contributed by atoms with Crippen molar-refractivity contribution in [1.82, 2.24) is 4.31 Å². The highest BCUT2D eigenvalue weighted by Gasteiger charge is 2.26. The number of hydrogen-bond donors (Lipinski definition) is 0. The predicted molar refractivity (Wildman–Crippen MR) is 115 cm³/mol. The van der Waals surface area contributed by atoms with Gasteiger partial charge in [0.15, 0.2) is 0 Å². The van der Waals surface area contributed by atoms with Gasteiger partial charge in [-0.25, -0.2) is 12.8 Å². The average molecular weight is 449 g/mol. The molecule has 30 heavy (non-hydrogen) atoms. The van der Waals surface area contributed by atoms with Crippen LogP contribution in [-0.2, 0) is 21.4 Å². The van der Waals surface area contributed by atoms with Crippen LogP contribution in [0.25, 0.3) is 0 Å². The summed E-state index contributed by atoms with van der Waals surface area (Å²) >= 11 is 1.51. The van der Waals surface area contributed by atoms with Gasteiger partial charge in [0, 0.05) is 17.6 Å². The summed E-state index contributed by atoms with van der Waals surface area (Å²) in [6.45, 7) is -0.0512. The molecule has 3 aromatic rings. The van der Waals surface area contributed by atoms with Gasteiger partial charge in [0.2, 0.25) is 15.9 Å². The van der Waals surface area contributed by atoms with E-state index in [1.54, 1.807) is 31.4 Å². The number of hydrogen-bond acceptors (Lipinski definition) is 5. The molecule has 0 aliphatic heterocycles. The Hall–Kier alpha value is -2.75. The number of ether oxygens (including phenoxy) is 1. The highest BCUT2D eigenvalue weighted by molar-refractivity contribution is 7.89. The molecule has 0 spiro atoms. The number of benzene rings is 2. The molecule has 0 N–H and O–H groups in total. The lowest BCUT2D eigenvalue weighted by molar-refractivity contribution is -0.118. The lowest BCUT2D eigenvalue weighted by atomic mass is 10.2. The Balaban J connectivity index is 1.83. The summed E-state index contributed by atoms with van der Waals surface area (Å²) in [4.78, 5) is 15.5. The number of nitrogens with zero attached hydrogens (tertiary/aromatic N) is 2. The molecule has 0 aliphatic carbocycles. The molecular weight excluding hydrogens is 427 g/mol. The number of likely N-dealkylation sites (N-methyl/N-ethyl adjacent to an activating group) is 1. The Morgan fingerprint density at radius 3 is 2.30 bits per heavy atom. The normalized spacial score (nSPS) is 11.5. The summed E-state index contributed by atoms with van der Waals surface area (Å²) in [5.41, 5.74) is 0.627. The number of halogens is 1. The maximum atomic E-state index is 13.1. The van der Waals surface area contributed by atoms with Gasteiger partial charge < -0.3 is 9.64 Å². The standard InChI is InChI=1S/C21H21FN2O4S2/c1-23(30(26,27)20-11-5-16(22)6-12-20)15-21(25)24(14-19-4-3-13-29-19)17-7-9-18(28-2)10-8-17/h3-13H,14-15H2,1-2H3. The van der Waals surface area contributed by atoms with Crippen molar-refractivity contribution in [3.63, 3.8) is 0 Å². The molecule has 0 saturated carbocycles. The first-order valence-corrected chi connectivity index (χ1v) is 11.3. The van der Waals surface area contributed by atoms with Crippen LogP contribution < -0.4 is 9.64 Å². The number of rotatable bonds is 8. The highest BCUT2D eigenvalue weighted by Crippen LogP contribution is 2.24. The van der Waals surface area contributed by atoms with Crippen molar-refractivity contribution in [3.05, 3.63) is 76.7 Å². The zero-order chi connectivity index (χ0) is 21.7. The van der Waals surface area contributed by atoms with Crippen molar-refractivity contribution >= 4 is 33.0 Å². The number of sulfonamides is 1. The lowest BCUT2D eigenvalue weighted by Gasteiger charge is -2.25. The van der Waals surface area contributed by atoms with Gasteiger partial charge in [-0.15, -0.1) is 11.3 Å². The second-order valence-corrected chi connectivity index (χ2v) is 9.55. The Labute approximate surface area is 179 Å². The summed E-state index contributed by atoms with van der Waals surface area (Å²) in [5.74, 6) is -0.269. The quantitative estimate of drug-likeness (QED) is 0.526. The van der Waals surface area contributed by atoms with E-state index in [2.05, 4.69) is 0 Å². The first kappa shape index (κ1) is 21.9. The minimum absolute atomic E-state index is 0.0755. The number of anilines is 1. The maximum absolute atomic E-state index is 13.1. The van der Waals surface area contributed by atoms with E-state index < -0.39 is 15.8 Å². The Bertz CT molecular complexity index is 1080. The van der Waals surface area contributed by atoms with E-state index in [4.69, 9.17) is 4.74 Å². The molecule has 0 fully saturated rings. The zero-order valence-corrected chi connectivity index (χ0v) is 18.1. The van der Waals surface area contributed by atoms with Gasteiger partial charge in [0.1, 0.15) is 11.6 Å². The molecule has 0 unspecified atom stereocenters. The van der Waals surface area contributed by atoms with Gasteiger partial charge >= 0.3 is 0 Å². The van der Waals surface area contributed by atoms with E-state index in [1.807, 2.05) is 17.5 Å². The molecule has 2 aromatic carbocycles. The smallest absolute Gasteiger partial charge is 0.243 e. The van der Waals surface area contributed by atoms with Crippen LogP contribution >= 0.6 is 11.3 Å². The van der Waals surface area contributed by atoms with Crippen LogP contribution in [0.2, 0.25) is 0 Å². The summed E-state index contributed by atoms with van der Waals surface area (Å²) in [6.07, 6.45) is 0. The van der Waals surface area contributed by atoms with Crippen LogP contribution in [0.15, 0.2) is 70.9 Å². The van der Waals surface area contributed by atoms with Gasteiger partial charge in [0.05, 0.1) is 25.1 Å². The third-order valence-electron chi connectivity index (χ3n) is 4.46. The molecule has 1 heterocycles. The van der Waals surface area contributed by atoms with E-state index in [0.717, 1.165) is 21.3 Å². The van der Waals surface area contributed by atoms with Crippen LogP contribution in [0, 0.1) is 5.82 Å². The predicted octanol–water partition coefficient (Wildman–Crippen LogP) is 3.75. The third-order valence-corrected chi connectivity index (χ3v) is 7.14. The van der Waals surface area contributed by atoms with E-state index >= 15 is 0 Å². The molecule has 0 bridgehead atoms. The molecule has 0 saturated heterocycles. The van der Waals surface area contributed by atoms with E-state index in [0.29, 0.717) is 18.0 Å². The molecule has 0 aliphatic rings. The molecule has 9 heteroatoms. The Morgan fingerprint density at radius 2 is 1.73 bits per heavy atom. The molecule has 1 aromatic heterocycles. The summed E-state index contributed by atoms with van der Waals surface area (Å²) in [7, 11) is -1.06.